The van der Waals surface area contributed by atoms with E-state index in [1.807, 2.05) is 13.8 Å². The molecule has 1 aliphatic heterocycles. The van der Waals surface area contributed by atoms with Crippen LogP contribution in [-0.4, -0.2) is 23.4 Å². The predicted octanol–water partition coefficient (Wildman–Crippen LogP) is 6.98. The van der Waals surface area contributed by atoms with Crippen molar-refractivity contribution in [3.05, 3.63) is 98.0 Å². The molecule has 1 saturated heterocycles. The number of halogens is 3. The lowest BCUT2D eigenvalue weighted by Gasteiger charge is -2.26. The number of hydrogen-bond donors (Lipinski definition) is 1. The van der Waals surface area contributed by atoms with Gasteiger partial charge in [0, 0.05) is 21.3 Å². The second kappa shape index (κ2) is 9.71. The highest BCUT2D eigenvalue weighted by molar-refractivity contribution is 6.52. The monoisotopic (exact) mass is 515 g/mol. The van der Waals surface area contributed by atoms with Gasteiger partial charge in [-0.1, -0.05) is 53.0 Å². The topological polar surface area (TPSA) is 66.8 Å². The predicted molar refractivity (Wildman–Crippen MR) is 135 cm³/mol. The van der Waals surface area contributed by atoms with Gasteiger partial charge >= 0.3 is 0 Å². The first-order valence-electron chi connectivity index (χ1n) is 10.5. The van der Waals surface area contributed by atoms with Gasteiger partial charge < -0.3 is 9.84 Å². The molecule has 1 N–H and O–H groups in total. The lowest BCUT2D eigenvalue weighted by Crippen LogP contribution is -2.29. The third kappa shape index (κ3) is 4.39. The Morgan fingerprint density at radius 3 is 2.32 bits per heavy atom. The van der Waals surface area contributed by atoms with Crippen LogP contribution in [0.3, 0.4) is 0 Å². The standard InChI is InChI=1S/C26H20Cl3NO4/c1-3-34-21-12-16(7-11-19(21)28)24(31)22-23(15-5-8-17(27)9-6-15)30(26(33)25(22)32)18-10-4-14(2)20(29)13-18/h4-13,23,31H,3H2,1-2H3/b24-22+. The van der Waals surface area contributed by atoms with Crippen LogP contribution in [-0.2, 0) is 9.59 Å². The Kier molecular flexibility index (Phi) is 6.89. The van der Waals surface area contributed by atoms with Crippen LogP contribution in [0.5, 0.6) is 5.75 Å². The summed E-state index contributed by atoms with van der Waals surface area (Å²) >= 11 is 18.6. The lowest BCUT2D eigenvalue weighted by atomic mass is 9.95. The first-order valence-corrected chi connectivity index (χ1v) is 11.6. The van der Waals surface area contributed by atoms with Gasteiger partial charge in [0.25, 0.3) is 11.7 Å². The van der Waals surface area contributed by atoms with Gasteiger partial charge in [0.1, 0.15) is 11.5 Å². The molecular weight excluding hydrogens is 497 g/mol. The highest BCUT2D eigenvalue weighted by atomic mass is 35.5. The molecule has 1 atom stereocenters. The fraction of sp³-hybridized carbons (Fsp3) is 0.154. The minimum absolute atomic E-state index is 0.0613. The molecule has 1 aliphatic rings. The summed E-state index contributed by atoms with van der Waals surface area (Å²) < 4.78 is 5.52. The van der Waals surface area contributed by atoms with Gasteiger partial charge in [0.05, 0.1) is 23.2 Å². The molecule has 1 amide bonds. The van der Waals surface area contributed by atoms with Crippen molar-refractivity contribution in [1.82, 2.24) is 0 Å². The Balaban J connectivity index is 1.94. The van der Waals surface area contributed by atoms with E-state index < -0.39 is 17.7 Å². The van der Waals surface area contributed by atoms with E-state index >= 15 is 0 Å². The fourth-order valence-electron chi connectivity index (χ4n) is 3.86. The molecule has 3 aromatic carbocycles. The first-order chi connectivity index (χ1) is 16.2. The van der Waals surface area contributed by atoms with Crippen LogP contribution in [0, 0.1) is 6.92 Å². The summed E-state index contributed by atoms with van der Waals surface area (Å²) in [5.41, 5.74) is 2.10. The summed E-state index contributed by atoms with van der Waals surface area (Å²) in [6, 6.07) is 15.6. The number of hydrogen-bond acceptors (Lipinski definition) is 4. The van der Waals surface area contributed by atoms with Crippen molar-refractivity contribution in [2.75, 3.05) is 11.5 Å². The van der Waals surface area contributed by atoms with Crippen molar-refractivity contribution < 1.29 is 19.4 Å². The number of benzene rings is 3. The van der Waals surface area contributed by atoms with Crippen LogP contribution in [0.2, 0.25) is 15.1 Å². The van der Waals surface area contributed by atoms with E-state index in [2.05, 4.69) is 0 Å². The Hall–Kier alpha value is -2.99. The van der Waals surface area contributed by atoms with Crippen LogP contribution in [0.15, 0.2) is 66.2 Å². The molecule has 3 aromatic rings. The van der Waals surface area contributed by atoms with Crippen molar-refractivity contribution >= 4 is 57.9 Å². The number of ketones is 1. The van der Waals surface area contributed by atoms with Gasteiger partial charge in [-0.25, -0.2) is 0 Å². The number of carbonyl (C=O) groups excluding carboxylic acids is 2. The number of rotatable bonds is 5. The average molecular weight is 517 g/mol. The maximum atomic E-state index is 13.3. The molecule has 0 aliphatic carbocycles. The van der Waals surface area contributed by atoms with Crippen LogP contribution in [0.25, 0.3) is 5.76 Å². The lowest BCUT2D eigenvalue weighted by molar-refractivity contribution is -0.132. The van der Waals surface area contributed by atoms with Gasteiger partial charge in [0.2, 0.25) is 0 Å². The van der Waals surface area contributed by atoms with Crippen LogP contribution >= 0.6 is 34.8 Å². The second-order valence-corrected chi connectivity index (χ2v) is 8.98. The molecule has 1 heterocycles. The van der Waals surface area contributed by atoms with E-state index in [0.717, 1.165) is 5.56 Å². The van der Waals surface area contributed by atoms with Crippen LogP contribution in [0.1, 0.15) is 29.7 Å². The van der Waals surface area contributed by atoms with Crippen molar-refractivity contribution in [3.8, 4) is 5.75 Å². The molecule has 0 saturated carbocycles. The van der Waals surface area contributed by atoms with Crippen LogP contribution in [0.4, 0.5) is 5.69 Å². The number of aryl methyl sites for hydroxylation is 1. The third-order valence-electron chi connectivity index (χ3n) is 5.57. The smallest absolute Gasteiger partial charge is 0.300 e. The molecule has 1 fully saturated rings. The number of nitrogens with zero attached hydrogens (tertiary/aromatic N) is 1. The first kappa shape index (κ1) is 24.1. The highest BCUT2D eigenvalue weighted by Gasteiger charge is 2.47. The Morgan fingerprint density at radius 1 is 0.971 bits per heavy atom. The number of carbonyl (C=O) groups is 2. The Labute approximate surface area is 212 Å². The third-order valence-corrected chi connectivity index (χ3v) is 6.54. The van der Waals surface area contributed by atoms with E-state index in [4.69, 9.17) is 39.5 Å². The molecule has 174 valence electrons. The maximum absolute atomic E-state index is 13.3. The second-order valence-electron chi connectivity index (χ2n) is 7.73. The summed E-state index contributed by atoms with van der Waals surface area (Å²) in [6.07, 6.45) is 0. The molecular formula is C26H20Cl3NO4. The molecule has 0 aromatic heterocycles. The summed E-state index contributed by atoms with van der Waals surface area (Å²) in [7, 11) is 0. The number of ether oxygens (including phenoxy) is 1. The summed E-state index contributed by atoms with van der Waals surface area (Å²) in [6.45, 7) is 4.02. The summed E-state index contributed by atoms with van der Waals surface area (Å²) in [5, 5.41) is 12.6. The summed E-state index contributed by atoms with van der Waals surface area (Å²) in [4.78, 5) is 27.8. The molecule has 0 bridgehead atoms. The zero-order valence-corrected chi connectivity index (χ0v) is 20.6. The SMILES string of the molecule is CCOc1cc(/C(O)=C2\C(=O)C(=O)N(c3ccc(C)c(Cl)c3)C2c2ccc(Cl)cc2)ccc1Cl. The van der Waals surface area contributed by atoms with Crippen molar-refractivity contribution in [1.29, 1.82) is 0 Å². The Bertz CT molecular complexity index is 1320. The number of anilines is 1. The number of aliphatic hydroxyl groups excluding tert-OH is 1. The Morgan fingerprint density at radius 2 is 1.68 bits per heavy atom. The van der Waals surface area contributed by atoms with E-state index in [9.17, 15) is 14.7 Å². The van der Waals surface area contributed by atoms with E-state index in [-0.39, 0.29) is 11.3 Å². The van der Waals surface area contributed by atoms with Gasteiger partial charge in [-0.2, -0.15) is 0 Å². The quantitative estimate of drug-likeness (QED) is 0.226. The van der Waals surface area contributed by atoms with Gasteiger partial charge in [-0.05, 0) is 67.4 Å². The largest absolute Gasteiger partial charge is 0.507 e. The molecule has 4 rings (SSSR count). The minimum Gasteiger partial charge on any atom is -0.507 e. The molecule has 1 unspecified atom stereocenters. The molecule has 0 radical (unpaired) electrons. The van der Waals surface area contributed by atoms with Gasteiger partial charge in [0.15, 0.2) is 0 Å². The van der Waals surface area contributed by atoms with E-state index in [1.54, 1.807) is 54.6 Å². The molecule has 5 nitrogen and oxygen atoms in total. The molecule has 0 spiro atoms. The highest BCUT2D eigenvalue weighted by Crippen LogP contribution is 2.43. The van der Waals surface area contributed by atoms with E-state index in [1.165, 1.54) is 11.0 Å². The number of aliphatic hydroxyl groups is 1. The van der Waals surface area contributed by atoms with Gasteiger partial charge in [-0.3, -0.25) is 14.5 Å². The van der Waals surface area contributed by atoms with Gasteiger partial charge in [-0.15, -0.1) is 0 Å². The van der Waals surface area contributed by atoms with Crippen molar-refractivity contribution in [2.24, 2.45) is 0 Å². The molecule has 34 heavy (non-hydrogen) atoms. The summed E-state index contributed by atoms with van der Waals surface area (Å²) in [5.74, 6) is -1.57. The number of Topliss-reactive ketones (excluding diaryl/α,β-unsaturated/α-hetero) is 1. The average Bonchev–Trinajstić information content (AvgIpc) is 3.08. The minimum atomic E-state index is -0.901. The zero-order valence-electron chi connectivity index (χ0n) is 18.3. The van der Waals surface area contributed by atoms with Crippen molar-refractivity contribution in [2.45, 2.75) is 19.9 Å². The maximum Gasteiger partial charge on any atom is 0.300 e. The van der Waals surface area contributed by atoms with Crippen molar-refractivity contribution in [3.63, 3.8) is 0 Å². The van der Waals surface area contributed by atoms with Crippen LogP contribution < -0.4 is 9.64 Å². The van der Waals surface area contributed by atoms with E-state index in [0.29, 0.717) is 44.2 Å². The molecule has 8 heteroatoms. The number of amides is 1. The fourth-order valence-corrected chi connectivity index (χ4v) is 4.34. The normalized spacial score (nSPS) is 17.3. The zero-order chi connectivity index (χ0) is 24.6.